The van der Waals surface area contributed by atoms with Crippen LogP contribution in [-0.4, -0.2) is 49.2 Å². The molecule has 0 aromatic heterocycles. The minimum Gasteiger partial charge on any atom is -0.462 e. The van der Waals surface area contributed by atoms with Crippen molar-refractivity contribution < 1.29 is 24.1 Å². The molecule has 0 radical (unpaired) electrons. The first-order chi connectivity index (χ1) is 12.8. The SMILES string of the molecule is CCC(=O)O[C@H]1CCC2C3C(OC[C@@]21C)[C@@]1(C)CC[C@H](OC)CC1C[C@@H]3O. The predicted octanol–water partition coefficient (Wildman–Crippen LogP) is 3.33. The Morgan fingerprint density at radius 1 is 1.19 bits per heavy atom. The Morgan fingerprint density at radius 2 is 1.96 bits per heavy atom. The first kappa shape index (κ1) is 19.7. The van der Waals surface area contributed by atoms with Gasteiger partial charge in [-0.1, -0.05) is 20.8 Å². The molecule has 0 aromatic rings. The molecule has 1 saturated heterocycles. The second-order valence-corrected chi connectivity index (χ2v) is 9.97. The van der Waals surface area contributed by atoms with Gasteiger partial charge in [-0.25, -0.2) is 0 Å². The van der Waals surface area contributed by atoms with Crippen molar-refractivity contribution in [2.75, 3.05) is 13.7 Å². The van der Waals surface area contributed by atoms with Crippen molar-refractivity contribution in [3.05, 3.63) is 0 Å². The molecular weight excluding hydrogens is 344 g/mol. The first-order valence-corrected chi connectivity index (χ1v) is 10.9. The molecule has 1 N–H and O–H groups in total. The molecule has 4 aliphatic rings. The second-order valence-electron chi connectivity index (χ2n) is 9.97. The lowest BCUT2D eigenvalue weighted by Gasteiger charge is -2.61. The molecule has 0 amide bonds. The molecule has 154 valence electrons. The number of esters is 1. The highest BCUT2D eigenvalue weighted by molar-refractivity contribution is 5.69. The lowest BCUT2D eigenvalue weighted by molar-refractivity contribution is -0.254. The van der Waals surface area contributed by atoms with Gasteiger partial charge in [-0.2, -0.15) is 0 Å². The van der Waals surface area contributed by atoms with Gasteiger partial charge in [-0.3, -0.25) is 4.79 Å². The summed E-state index contributed by atoms with van der Waals surface area (Å²) in [7, 11) is 1.80. The lowest BCUT2D eigenvalue weighted by atomic mass is 9.50. The molecule has 5 nitrogen and oxygen atoms in total. The van der Waals surface area contributed by atoms with Crippen LogP contribution in [0.3, 0.4) is 0 Å². The van der Waals surface area contributed by atoms with E-state index in [0.29, 0.717) is 31.0 Å². The van der Waals surface area contributed by atoms with Crippen molar-refractivity contribution in [3.63, 3.8) is 0 Å². The number of rotatable bonds is 3. The summed E-state index contributed by atoms with van der Waals surface area (Å²) in [5.74, 6) is 0.832. The molecule has 1 aliphatic heterocycles. The lowest BCUT2D eigenvalue weighted by Crippen LogP contribution is -2.64. The second kappa shape index (κ2) is 7.00. The maximum Gasteiger partial charge on any atom is 0.305 e. The quantitative estimate of drug-likeness (QED) is 0.761. The average molecular weight is 381 g/mol. The van der Waals surface area contributed by atoms with Crippen LogP contribution in [0.4, 0.5) is 0 Å². The minimum atomic E-state index is -0.339. The molecule has 4 rings (SSSR count). The van der Waals surface area contributed by atoms with E-state index in [9.17, 15) is 9.90 Å². The fourth-order valence-electron chi connectivity index (χ4n) is 6.97. The number of aliphatic hydroxyl groups is 1. The van der Waals surface area contributed by atoms with Gasteiger partial charge in [-0.15, -0.1) is 0 Å². The number of ether oxygens (including phenoxy) is 3. The molecule has 3 aliphatic carbocycles. The van der Waals surface area contributed by atoms with Crippen LogP contribution in [-0.2, 0) is 19.0 Å². The van der Waals surface area contributed by atoms with Gasteiger partial charge < -0.3 is 19.3 Å². The summed E-state index contributed by atoms with van der Waals surface area (Å²) in [5.41, 5.74) is -0.0711. The zero-order valence-corrected chi connectivity index (χ0v) is 17.3. The highest BCUT2D eigenvalue weighted by atomic mass is 16.5. The third-order valence-electron chi connectivity index (χ3n) is 8.71. The third-order valence-corrected chi connectivity index (χ3v) is 8.71. The Morgan fingerprint density at radius 3 is 2.67 bits per heavy atom. The van der Waals surface area contributed by atoms with Crippen LogP contribution < -0.4 is 0 Å². The van der Waals surface area contributed by atoms with E-state index in [1.165, 1.54) is 0 Å². The van der Waals surface area contributed by atoms with E-state index < -0.39 is 0 Å². The highest BCUT2D eigenvalue weighted by Crippen LogP contribution is 2.62. The monoisotopic (exact) mass is 380 g/mol. The van der Waals surface area contributed by atoms with Crippen LogP contribution in [0.5, 0.6) is 0 Å². The fraction of sp³-hybridized carbons (Fsp3) is 0.955. The molecule has 1 heterocycles. The summed E-state index contributed by atoms with van der Waals surface area (Å²) in [6.45, 7) is 7.05. The number of fused-ring (bicyclic) bond motifs is 5. The summed E-state index contributed by atoms with van der Waals surface area (Å²) >= 11 is 0. The van der Waals surface area contributed by atoms with Gasteiger partial charge in [-0.05, 0) is 55.8 Å². The first-order valence-electron chi connectivity index (χ1n) is 10.9. The molecule has 9 atom stereocenters. The minimum absolute atomic E-state index is 0.0853. The molecular formula is C22H36O5. The van der Waals surface area contributed by atoms with Crippen molar-refractivity contribution >= 4 is 5.97 Å². The molecule has 0 spiro atoms. The number of carbonyl (C=O) groups is 1. The van der Waals surface area contributed by atoms with E-state index in [-0.39, 0.29) is 41.0 Å². The van der Waals surface area contributed by atoms with E-state index in [2.05, 4.69) is 13.8 Å². The van der Waals surface area contributed by atoms with E-state index in [0.717, 1.165) is 38.5 Å². The van der Waals surface area contributed by atoms with E-state index in [1.807, 2.05) is 6.92 Å². The topological polar surface area (TPSA) is 65.0 Å². The Labute approximate surface area is 163 Å². The van der Waals surface area contributed by atoms with Crippen molar-refractivity contribution in [2.24, 2.45) is 28.6 Å². The van der Waals surface area contributed by atoms with Gasteiger partial charge in [0.1, 0.15) is 6.10 Å². The Kier molecular flexibility index (Phi) is 5.09. The third kappa shape index (κ3) is 2.96. The smallest absolute Gasteiger partial charge is 0.305 e. The predicted molar refractivity (Wildman–Crippen MR) is 101 cm³/mol. The van der Waals surface area contributed by atoms with Crippen molar-refractivity contribution in [1.29, 1.82) is 0 Å². The summed E-state index contributed by atoms with van der Waals surface area (Å²) in [4.78, 5) is 11.9. The van der Waals surface area contributed by atoms with Crippen molar-refractivity contribution in [2.45, 2.75) is 90.1 Å². The summed E-state index contributed by atoms with van der Waals surface area (Å²) in [6.07, 6.45) is 6.33. The van der Waals surface area contributed by atoms with Crippen LogP contribution in [0.2, 0.25) is 0 Å². The number of aliphatic hydroxyl groups excluding tert-OH is 1. The van der Waals surface area contributed by atoms with Gasteiger partial charge in [0.2, 0.25) is 0 Å². The molecule has 5 heteroatoms. The van der Waals surface area contributed by atoms with Crippen molar-refractivity contribution in [3.8, 4) is 0 Å². The van der Waals surface area contributed by atoms with Gasteiger partial charge >= 0.3 is 5.97 Å². The van der Waals surface area contributed by atoms with Gasteiger partial charge in [0.25, 0.3) is 0 Å². The number of hydrogen-bond donors (Lipinski definition) is 1. The number of hydrogen-bond acceptors (Lipinski definition) is 5. The Hall–Kier alpha value is -0.650. The Balaban J connectivity index is 1.58. The van der Waals surface area contributed by atoms with E-state index in [4.69, 9.17) is 14.2 Å². The maximum atomic E-state index is 11.9. The highest BCUT2D eigenvalue weighted by Gasteiger charge is 2.64. The number of methoxy groups -OCH3 is 1. The molecule has 4 unspecified atom stereocenters. The van der Waals surface area contributed by atoms with Gasteiger partial charge in [0.15, 0.2) is 0 Å². The van der Waals surface area contributed by atoms with Gasteiger partial charge in [0, 0.05) is 24.9 Å². The molecule has 27 heavy (non-hydrogen) atoms. The largest absolute Gasteiger partial charge is 0.462 e. The van der Waals surface area contributed by atoms with E-state index in [1.54, 1.807) is 7.11 Å². The fourth-order valence-corrected chi connectivity index (χ4v) is 6.97. The van der Waals surface area contributed by atoms with Gasteiger partial charge in [0.05, 0.1) is 24.9 Å². The number of carbonyl (C=O) groups excluding carboxylic acids is 1. The summed E-state index contributed by atoms with van der Waals surface area (Å²) < 4.78 is 18.0. The van der Waals surface area contributed by atoms with E-state index >= 15 is 0 Å². The van der Waals surface area contributed by atoms with Crippen molar-refractivity contribution in [1.82, 2.24) is 0 Å². The van der Waals surface area contributed by atoms with Crippen LogP contribution >= 0.6 is 0 Å². The summed E-state index contributed by atoms with van der Waals surface area (Å²) in [5, 5.41) is 11.2. The Bertz CT molecular complexity index is 579. The zero-order chi connectivity index (χ0) is 19.4. The van der Waals surface area contributed by atoms with Crippen LogP contribution in [0.1, 0.15) is 65.7 Å². The molecule has 0 aromatic carbocycles. The summed E-state index contributed by atoms with van der Waals surface area (Å²) in [6, 6.07) is 0. The standard InChI is InChI=1S/C22H36O5/c1-5-18(24)27-17-7-6-15-19-16(23)11-13-10-14(25-4)8-9-21(13,2)20(19)26-12-22(15,17)3/h13-17,19-20,23H,5-12H2,1-4H3/t13?,14-,15?,16-,17-,19?,20?,21-,22-/m0/s1. The maximum absolute atomic E-state index is 11.9. The van der Waals surface area contributed by atoms with Crippen LogP contribution in [0.15, 0.2) is 0 Å². The molecule has 0 bridgehead atoms. The average Bonchev–Trinajstić information content (AvgIpc) is 2.98. The molecule has 4 fully saturated rings. The zero-order valence-electron chi connectivity index (χ0n) is 17.3. The molecule has 3 saturated carbocycles. The van der Waals surface area contributed by atoms with Crippen LogP contribution in [0, 0.1) is 28.6 Å². The normalized spacial score (nSPS) is 51.8. The van der Waals surface area contributed by atoms with Crippen LogP contribution in [0.25, 0.3) is 0 Å².